The van der Waals surface area contributed by atoms with E-state index in [1.54, 1.807) is 18.2 Å². The number of nitrogens with zero attached hydrogens (tertiary/aromatic N) is 1. The molecule has 0 unspecified atom stereocenters. The van der Waals surface area contributed by atoms with Gasteiger partial charge in [-0.1, -0.05) is 18.2 Å². The Morgan fingerprint density at radius 3 is 2.61 bits per heavy atom. The van der Waals surface area contributed by atoms with Crippen LogP contribution in [0.25, 0.3) is 6.08 Å². The minimum atomic E-state index is -0.467. The van der Waals surface area contributed by atoms with Crippen LogP contribution in [0.5, 0.6) is 0 Å². The van der Waals surface area contributed by atoms with E-state index in [0.29, 0.717) is 11.7 Å². The molecule has 0 saturated heterocycles. The van der Waals surface area contributed by atoms with Crippen LogP contribution in [0.4, 0.5) is 0 Å². The Balaban J connectivity index is 1.95. The van der Waals surface area contributed by atoms with Crippen molar-refractivity contribution in [2.45, 2.75) is 0 Å². The maximum absolute atomic E-state index is 11.6. The lowest BCUT2D eigenvalue weighted by Crippen LogP contribution is -2.04. The number of esters is 1. The predicted octanol–water partition coefficient (Wildman–Crippen LogP) is 2.62. The summed E-state index contributed by atoms with van der Waals surface area (Å²) in [5.41, 5.74) is 1.01. The smallest absolute Gasteiger partial charge is 0.363 e. The fourth-order valence-electron chi connectivity index (χ4n) is 1.62. The highest BCUT2D eigenvalue weighted by atomic mass is 16.6. The lowest BCUT2D eigenvalue weighted by molar-refractivity contribution is -0.129. The van der Waals surface area contributed by atoms with Crippen molar-refractivity contribution in [2.24, 2.45) is 4.99 Å². The van der Waals surface area contributed by atoms with Crippen LogP contribution in [0.1, 0.15) is 11.3 Å². The number of carbonyl (C=O) groups excluding carboxylic acids is 1. The summed E-state index contributed by atoms with van der Waals surface area (Å²) >= 11 is 0. The number of ether oxygens (including phenoxy) is 1. The number of cyclic esters (lactones) is 1. The topological polar surface area (TPSA) is 51.8 Å². The average molecular weight is 239 g/mol. The first-order valence-corrected chi connectivity index (χ1v) is 5.44. The second-order valence-corrected chi connectivity index (χ2v) is 3.72. The molecular formula is C14H9NO3. The molecule has 0 aliphatic carbocycles. The third kappa shape index (κ3) is 1.96. The number of rotatable bonds is 2. The molecule has 0 saturated carbocycles. The van der Waals surface area contributed by atoms with Gasteiger partial charge in [0.2, 0.25) is 5.90 Å². The highest BCUT2D eigenvalue weighted by molar-refractivity contribution is 6.12. The standard InChI is InChI=1S/C14H9NO3/c16-14-12(9-11-7-4-8-17-11)15-13(18-14)10-5-2-1-3-6-10/h1-9H/b12-9-. The lowest BCUT2D eigenvalue weighted by atomic mass is 10.2. The molecule has 0 spiro atoms. The third-order valence-corrected chi connectivity index (χ3v) is 2.46. The van der Waals surface area contributed by atoms with Gasteiger partial charge in [-0.25, -0.2) is 9.79 Å². The van der Waals surface area contributed by atoms with Crippen molar-refractivity contribution < 1.29 is 13.9 Å². The van der Waals surface area contributed by atoms with Gasteiger partial charge in [0.25, 0.3) is 0 Å². The molecule has 0 fully saturated rings. The molecule has 0 amide bonds. The molecule has 0 radical (unpaired) electrons. The molecule has 0 bridgehead atoms. The number of furan rings is 1. The first kappa shape index (κ1) is 10.5. The number of hydrogen-bond donors (Lipinski definition) is 0. The lowest BCUT2D eigenvalue weighted by Gasteiger charge is -1.97. The molecule has 4 heteroatoms. The summed E-state index contributed by atoms with van der Waals surface area (Å²) < 4.78 is 10.2. The second kappa shape index (κ2) is 4.33. The van der Waals surface area contributed by atoms with Crippen molar-refractivity contribution in [1.82, 2.24) is 0 Å². The highest BCUT2D eigenvalue weighted by Gasteiger charge is 2.24. The zero-order chi connectivity index (χ0) is 12.4. The molecule has 0 atom stereocenters. The van der Waals surface area contributed by atoms with Crippen molar-refractivity contribution in [3.05, 3.63) is 65.7 Å². The van der Waals surface area contributed by atoms with Crippen LogP contribution in [0.15, 0.2) is 63.8 Å². The molecule has 1 aromatic carbocycles. The minimum absolute atomic E-state index is 0.240. The summed E-state index contributed by atoms with van der Waals surface area (Å²) in [6, 6.07) is 12.8. The van der Waals surface area contributed by atoms with Crippen molar-refractivity contribution in [2.75, 3.05) is 0 Å². The monoisotopic (exact) mass is 239 g/mol. The fraction of sp³-hybridized carbons (Fsp3) is 0. The Morgan fingerprint density at radius 1 is 1.06 bits per heavy atom. The van der Waals surface area contributed by atoms with Gasteiger partial charge in [0.1, 0.15) is 5.76 Å². The van der Waals surface area contributed by atoms with Gasteiger partial charge < -0.3 is 9.15 Å². The van der Waals surface area contributed by atoms with E-state index in [1.807, 2.05) is 30.3 Å². The Hall–Kier alpha value is -2.62. The number of hydrogen-bond acceptors (Lipinski definition) is 4. The van der Waals surface area contributed by atoms with E-state index in [4.69, 9.17) is 9.15 Å². The summed E-state index contributed by atoms with van der Waals surface area (Å²) in [4.78, 5) is 15.8. The van der Waals surface area contributed by atoms with Crippen LogP contribution in [0.2, 0.25) is 0 Å². The van der Waals surface area contributed by atoms with Crippen LogP contribution < -0.4 is 0 Å². The quantitative estimate of drug-likeness (QED) is 0.598. The fourth-order valence-corrected chi connectivity index (χ4v) is 1.62. The Morgan fingerprint density at radius 2 is 1.89 bits per heavy atom. The van der Waals surface area contributed by atoms with Crippen molar-refractivity contribution >= 4 is 17.9 Å². The maximum Gasteiger partial charge on any atom is 0.363 e. The molecule has 1 aliphatic rings. The van der Waals surface area contributed by atoms with Crippen LogP contribution in [-0.4, -0.2) is 11.9 Å². The van der Waals surface area contributed by atoms with E-state index in [2.05, 4.69) is 4.99 Å². The molecule has 0 N–H and O–H groups in total. The third-order valence-electron chi connectivity index (χ3n) is 2.46. The Kier molecular flexibility index (Phi) is 2.53. The van der Waals surface area contributed by atoms with E-state index in [9.17, 15) is 4.79 Å². The number of carbonyl (C=O) groups is 1. The molecule has 1 aliphatic heterocycles. The van der Waals surface area contributed by atoms with E-state index < -0.39 is 5.97 Å². The molecule has 1 aromatic heterocycles. The SMILES string of the molecule is O=C1OC(c2ccccc2)=N/C1=C\c1ccco1. The van der Waals surface area contributed by atoms with Crippen LogP contribution in [-0.2, 0) is 9.53 Å². The van der Waals surface area contributed by atoms with E-state index in [1.165, 1.54) is 6.26 Å². The first-order valence-electron chi connectivity index (χ1n) is 5.44. The molecule has 88 valence electrons. The first-order chi connectivity index (χ1) is 8.83. The van der Waals surface area contributed by atoms with Crippen molar-refractivity contribution in [3.8, 4) is 0 Å². The maximum atomic E-state index is 11.6. The van der Waals surface area contributed by atoms with Crippen molar-refractivity contribution in [3.63, 3.8) is 0 Å². The minimum Gasteiger partial charge on any atom is -0.465 e. The van der Waals surface area contributed by atoms with E-state index in [-0.39, 0.29) is 5.70 Å². The van der Waals surface area contributed by atoms with Crippen LogP contribution >= 0.6 is 0 Å². The van der Waals surface area contributed by atoms with Gasteiger partial charge >= 0.3 is 5.97 Å². The molecule has 2 aromatic rings. The zero-order valence-corrected chi connectivity index (χ0v) is 9.37. The summed E-state index contributed by atoms with van der Waals surface area (Å²) in [5, 5.41) is 0. The Bertz CT molecular complexity index is 624. The molecule has 4 nitrogen and oxygen atoms in total. The zero-order valence-electron chi connectivity index (χ0n) is 9.37. The van der Waals surface area contributed by atoms with Gasteiger partial charge in [0.05, 0.1) is 6.26 Å². The summed E-state index contributed by atoms with van der Waals surface area (Å²) in [6.45, 7) is 0. The predicted molar refractivity (Wildman–Crippen MR) is 65.8 cm³/mol. The summed E-state index contributed by atoms with van der Waals surface area (Å²) in [5.74, 6) is 0.420. The molecule has 18 heavy (non-hydrogen) atoms. The van der Waals surface area contributed by atoms with E-state index >= 15 is 0 Å². The van der Waals surface area contributed by atoms with Crippen LogP contribution in [0, 0.1) is 0 Å². The van der Waals surface area contributed by atoms with Crippen LogP contribution in [0.3, 0.4) is 0 Å². The normalized spacial score (nSPS) is 16.8. The molecule has 2 heterocycles. The number of aliphatic imine (C=N–C) groups is 1. The largest absolute Gasteiger partial charge is 0.465 e. The van der Waals surface area contributed by atoms with Gasteiger partial charge in [-0.3, -0.25) is 0 Å². The molecular weight excluding hydrogens is 230 g/mol. The van der Waals surface area contributed by atoms with E-state index in [0.717, 1.165) is 5.56 Å². The van der Waals surface area contributed by atoms with Gasteiger partial charge in [0, 0.05) is 11.6 Å². The van der Waals surface area contributed by atoms with Gasteiger partial charge in [0.15, 0.2) is 5.70 Å². The highest BCUT2D eigenvalue weighted by Crippen LogP contribution is 2.18. The average Bonchev–Trinajstić information content (AvgIpc) is 3.02. The van der Waals surface area contributed by atoms with Gasteiger partial charge in [-0.05, 0) is 24.3 Å². The Labute approximate surface area is 103 Å². The summed E-state index contributed by atoms with van der Waals surface area (Å²) in [7, 11) is 0. The van der Waals surface area contributed by atoms with Crippen molar-refractivity contribution in [1.29, 1.82) is 0 Å². The van der Waals surface area contributed by atoms with Gasteiger partial charge in [-0.15, -0.1) is 0 Å². The second-order valence-electron chi connectivity index (χ2n) is 3.72. The molecule has 3 rings (SSSR count). The summed E-state index contributed by atoms with van der Waals surface area (Å²) in [6.07, 6.45) is 3.09. The van der Waals surface area contributed by atoms with Gasteiger partial charge in [-0.2, -0.15) is 0 Å². The number of benzene rings is 1.